The number of hydrogen-bond donors (Lipinski definition) is 2. The minimum atomic E-state index is -0.801. The molecule has 4 aromatic carbocycles. The smallest absolute Gasteiger partial charge is 0.332 e. The highest BCUT2D eigenvalue weighted by molar-refractivity contribution is 6.24. The molecule has 3 heterocycles. The zero-order chi connectivity index (χ0) is 29.7. The minimum Gasteiger partial charge on any atom is -0.497 e. The molecule has 2 N–H and O–H groups in total. The van der Waals surface area contributed by atoms with Crippen molar-refractivity contribution < 1.29 is 23.5 Å². The van der Waals surface area contributed by atoms with Crippen LogP contribution in [0.4, 0.5) is 14.9 Å². The molecule has 0 saturated carbocycles. The van der Waals surface area contributed by atoms with E-state index >= 15 is 0 Å². The summed E-state index contributed by atoms with van der Waals surface area (Å²) in [7, 11) is 1.59. The second kappa shape index (κ2) is 10.4. The highest BCUT2D eigenvalue weighted by Crippen LogP contribution is 2.45. The lowest BCUT2D eigenvalue weighted by Crippen LogP contribution is -2.44. The van der Waals surface area contributed by atoms with Gasteiger partial charge in [0.25, 0.3) is 11.8 Å². The summed E-state index contributed by atoms with van der Waals surface area (Å²) in [5.41, 5.74) is 4.60. The van der Waals surface area contributed by atoms with E-state index in [9.17, 15) is 18.8 Å². The first kappa shape index (κ1) is 26.5. The van der Waals surface area contributed by atoms with E-state index in [1.54, 1.807) is 48.4 Å². The monoisotopic (exact) mass is 574 g/mol. The molecule has 43 heavy (non-hydrogen) atoms. The van der Waals surface area contributed by atoms with Crippen molar-refractivity contribution >= 4 is 34.4 Å². The fourth-order valence-corrected chi connectivity index (χ4v) is 6.17. The van der Waals surface area contributed by atoms with E-state index < -0.39 is 35.7 Å². The van der Waals surface area contributed by atoms with Crippen LogP contribution in [0.15, 0.2) is 97.1 Å². The van der Waals surface area contributed by atoms with Crippen LogP contribution in [0.5, 0.6) is 5.75 Å². The fourth-order valence-electron chi connectivity index (χ4n) is 6.17. The Hall–Kier alpha value is -5.44. The van der Waals surface area contributed by atoms with Crippen molar-refractivity contribution in [3.8, 4) is 5.75 Å². The number of anilines is 1. The lowest BCUT2D eigenvalue weighted by molar-refractivity contribution is -0.120. The quantitative estimate of drug-likeness (QED) is 0.253. The highest BCUT2D eigenvalue weighted by Gasteiger charge is 2.53. The number of urea groups is 1. The maximum Gasteiger partial charge on any atom is 0.332 e. The standard InChI is InChI=1S/C34H27FN4O4/c1-43-23-16-10-20(11-17-23)19-36-32(40)25-7-3-5-9-28(25)39-33(41)29-18-26-24-6-2-4-8-27(24)37-30(26)31(38(29)34(39)42)21-12-14-22(35)15-13-21/h2-17,29,31,37H,18-19H2,1H3,(H,36,40)/t29-,31+/m0/s1. The van der Waals surface area contributed by atoms with E-state index in [2.05, 4.69) is 10.3 Å². The normalized spacial score (nSPS) is 17.6. The van der Waals surface area contributed by atoms with E-state index in [0.717, 1.165) is 32.6 Å². The van der Waals surface area contributed by atoms with Gasteiger partial charge in [0.05, 0.1) is 18.4 Å². The third-order valence-electron chi connectivity index (χ3n) is 8.24. The number of carbonyl (C=O) groups excluding carboxylic acids is 3. The number of benzene rings is 4. The molecule has 9 heteroatoms. The number of amides is 4. The summed E-state index contributed by atoms with van der Waals surface area (Å²) in [6, 6.07) is 25.7. The molecule has 2 atom stereocenters. The number of H-pyrrole nitrogens is 1. The molecule has 1 fully saturated rings. The van der Waals surface area contributed by atoms with Gasteiger partial charge in [-0.2, -0.15) is 0 Å². The molecule has 5 aromatic rings. The molecule has 2 aliphatic heterocycles. The van der Waals surface area contributed by atoms with Crippen LogP contribution in [-0.2, 0) is 17.8 Å². The van der Waals surface area contributed by atoms with Crippen LogP contribution < -0.4 is 15.0 Å². The van der Waals surface area contributed by atoms with Crippen LogP contribution in [0.2, 0.25) is 0 Å². The molecule has 0 unspecified atom stereocenters. The Bertz CT molecular complexity index is 1880. The van der Waals surface area contributed by atoms with Gasteiger partial charge in [-0.05, 0) is 59.2 Å². The molecule has 1 aromatic heterocycles. The zero-order valence-corrected chi connectivity index (χ0v) is 23.2. The van der Waals surface area contributed by atoms with E-state index in [0.29, 0.717) is 17.7 Å². The lowest BCUT2D eigenvalue weighted by Gasteiger charge is -2.36. The number of ether oxygens (including phenoxy) is 1. The van der Waals surface area contributed by atoms with E-state index in [1.807, 2.05) is 48.5 Å². The number of halogens is 1. The largest absolute Gasteiger partial charge is 0.497 e. The number of nitrogens with zero attached hydrogens (tertiary/aromatic N) is 2. The topological polar surface area (TPSA) is 94.7 Å². The molecule has 2 aliphatic rings. The Morgan fingerprint density at radius 3 is 2.44 bits per heavy atom. The Kier molecular flexibility index (Phi) is 6.42. The van der Waals surface area contributed by atoms with Crippen molar-refractivity contribution in [2.75, 3.05) is 12.0 Å². The van der Waals surface area contributed by atoms with Crippen LogP contribution in [0, 0.1) is 5.82 Å². The van der Waals surface area contributed by atoms with E-state index in [4.69, 9.17) is 4.74 Å². The van der Waals surface area contributed by atoms with Gasteiger partial charge in [-0.15, -0.1) is 0 Å². The van der Waals surface area contributed by atoms with Gasteiger partial charge in [0.2, 0.25) is 0 Å². The summed E-state index contributed by atoms with van der Waals surface area (Å²) in [6.07, 6.45) is 0.309. The molecule has 214 valence electrons. The maximum absolute atomic E-state index is 14.2. The minimum absolute atomic E-state index is 0.208. The van der Waals surface area contributed by atoms with Gasteiger partial charge in [-0.1, -0.05) is 54.6 Å². The van der Waals surface area contributed by atoms with Crippen molar-refractivity contribution in [1.82, 2.24) is 15.2 Å². The molecule has 1 saturated heterocycles. The van der Waals surface area contributed by atoms with Gasteiger partial charge >= 0.3 is 6.03 Å². The summed E-state index contributed by atoms with van der Waals surface area (Å²) in [6.45, 7) is 0.252. The average molecular weight is 575 g/mol. The van der Waals surface area contributed by atoms with Crippen molar-refractivity contribution in [2.24, 2.45) is 0 Å². The molecule has 0 radical (unpaired) electrons. The van der Waals surface area contributed by atoms with Crippen LogP contribution in [-0.4, -0.2) is 40.9 Å². The van der Waals surface area contributed by atoms with Crippen LogP contribution in [0.3, 0.4) is 0 Å². The lowest BCUT2D eigenvalue weighted by atomic mass is 9.89. The Morgan fingerprint density at radius 2 is 1.67 bits per heavy atom. The number of hydrogen-bond acceptors (Lipinski definition) is 4. The molecule has 4 amide bonds. The number of aromatic amines is 1. The molecule has 8 nitrogen and oxygen atoms in total. The van der Waals surface area contributed by atoms with Crippen molar-refractivity contribution in [2.45, 2.75) is 25.0 Å². The van der Waals surface area contributed by atoms with Crippen LogP contribution in [0.1, 0.15) is 38.8 Å². The van der Waals surface area contributed by atoms with Crippen molar-refractivity contribution in [3.05, 3.63) is 131 Å². The van der Waals surface area contributed by atoms with Crippen molar-refractivity contribution in [3.63, 3.8) is 0 Å². The number of carbonyl (C=O) groups is 3. The Morgan fingerprint density at radius 1 is 0.953 bits per heavy atom. The van der Waals surface area contributed by atoms with E-state index in [-0.39, 0.29) is 17.8 Å². The summed E-state index contributed by atoms with van der Waals surface area (Å²) in [5.74, 6) is -0.513. The Labute approximate surface area is 246 Å². The summed E-state index contributed by atoms with van der Waals surface area (Å²) in [5, 5.41) is 3.87. The van der Waals surface area contributed by atoms with Gasteiger partial charge in [0.15, 0.2) is 0 Å². The number of fused-ring (bicyclic) bond motifs is 4. The summed E-state index contributed by atoms with van der Waals surface area (Å²) in [4.78, 5) is 47.9. The first-order chi connectivity index (χ1) is 20.9. The first-order valence-electron chi connectivity index (χ1n) is 14.0. The summed E-state index contributed by atoms with van der Waals surface area (Å²) >= 11 is 0. The number of para-hydroxylation sites is 2. The summed E-state index contributed by atoms with van der Waals surface area (Å²) < 4.78 is 19.1. The number of nitrogens with one attached hydrogen (secondary N) is 2. The molecular formula is C34H27FN4O4. The zero-order valence-electron chi connectivity index (χ0n) is 23.2. The second-order valence-corrected chi connectivity index (χ2v) is 10.6. The number of imide groups is 1. The SMILES string of the molecule is COc1ccc(CNC(=O)c2ccccc2N2C(=O)[C@@H]3Cc4c([nH]c5ccccc45)[C@@H](c4ccc(F)cc4)N3C2=O)cc1. The van der Waals surface area contributed by atoms with Gasteiger partial charge < -0.3 is 15.0 Å². The fraction of sp³-hybridized carbons (Fsp3) is 0.147. The average Bonchev–Trinajstić information content (AvgIpc) is 3.53. The van der Waals surface area contributed by atoms with Gasteiger partial charge in [-0.3, -0.25) is 14.5 Å². The molecular weight excluding hydrogens is 547 g/mol. The Balaban J connectivity index is 1.25. The number of rotatable bonds is 6. The van der Waals surface area contributed by atoms with Crippen molar-refractivity contribution in [1.29, 1.82) is 0 Å². The predicted octanol–water partition coefficient (Wildman–Crippen LogP) is 5.73. The molecule has 0 spiro atoms. The maximum atomic E-state index is 14.2. The van der Waals surface area contributed by atoms with E-state index in [1.165, 1.54) is 12.1 Å². The van der Waals surface area contributed by atoms with Gasteiger partial charge in [-0.25, -0.2) is 14.1 Å². The van der Waals surface area contributed by atoms with Gasteiger partial charge in [0.1, 0.15) is 23.7 Å². The van der Waals surface area contributed by atoms with Crippen LogP contribution >= 0.6 is 0 Å². The number of aromatic nitrogens is 1. The number of methoxy groups -OCH3 is 1. The van der Waals surface area contributed by atoms with Gasteiger partial charge in [0, 0.05) is 29.6 Å². The molecule has 0 aliphatic carbocycles. The molecule has 7 rings (SSSR count). The molecule has 0 bridgehead atoms. The first-order valence-corrected chi connectivity index (χ1v) is 14.0. The third-order valence-corrected chi connectivity index (χ3v) is 8.24. The third kappa shape index (κ3) is 4.41. The predicted molar refractivity (Wildman–Crippen MR) is 159 cm³/mol. The highest BCUT2D eigenvalue weighted by atomic mass is 19.1. The second-order valence-electron chi connectivity index (χ2n) is 10.6. The van der Waals surface area contributed by atoms with Crippen LogP contribution in [0.25, 0.3) is 10.9 Å².